The molecule has 2 aromatic carbocycles. The molecule has 0 radical (unpaired) electrons. The predicted octanol–water partition coefficient (Wildman–Crippen LogP) is 4.86. The van der Waals surface area contributed by atoms with Crippen LogP contribution < -0.4 is 0 Å². The predicted molar refractivity (Wildman–Crippen MR) is 88.7 cm³/mol. The first kappa shape index (κ1) is 12.9. The Morgan fingerprint density at radius 3 is 2.24 bits per heavy atom. The van der Waals surface area contributed by atoms with E-state index in [1.54, 1.807) is 27.8 Å². The van der Waals surface area contributed by atoms with Crippen LogP contribution in [0.3, 0.4) is 0 Å². The summed E-state index contributed by atoms with van der Waals surface area (Å²) < 4.78 is 0. The summed E-state index contributed by atoms with van der Waals surface area (Å²) in [7, 11) is 0. The van der Waals surface area contributed by atoms with E-state index in [2.05, 4.69) is 55.1 Å². The molecule has 0 amide bonds. The smallest absolute Gasteiger partial charge is 0.00807 e. The molecule has 0 aromatic heterocycles. The fourth-order valence-corrected chi connectivity index (χ4v) is 4.18. The molecule has 106 valence electrons. The molecule has 0 saturated carbocycles. The van der Waals surface area contributed by atoms with Gasteiger partial charge in [-0.25, -0.2) is 0 Å². The molecule has 21 heavy (non-hydrogen) atoms. The molecule has 2 aliphatic rings. The summed E-state index contributed by atoms with van der Waals surface area (Å²) in [4.78, 5) is 0. The third kappa shape index (κ3) is 2.33. The summed E-state index contributed by atoms with van der Waals surface area (Å²) in [5, 5.41) is 0. The standard InChI is InChI=1S/C21H22/c1-2-5-15-10-18-8-9-19(14-20(18)11-15)21-12-16-6-3-4-7-17(16)13-21/h2-4,6-9,14-15,21H,1,5,10-13H2. The van der Waals surface area contributed by atoms with Gasteiger partial charge in [0.1, 0.15) is 0 Å². The Hall–Kier alpha value is -1.82. The number of hydrogen-bond donors (Lipinski definition) is 0. The quantitative estimate of drug-likeness (QED) is 0.701. The van der Waals surface area contributed by atoms with Crippen molar-refractivity contribution in [1.29, 1.82) is 0 Å². The van der Waals surface area contributed by atoms with Crippen LogP contribution in [0.4, 0.5) is 0 Å². The van der Waals surface area contributed by atoms with E-state index in [1.165, 1.54) is 25.7 Å². The summed E-state index contributed by atoms with van der Waals surface area (Å²) in [6.45, 7) is 3.89. The topological polar surface area (TPSA) is 0 Å². The summed E-state index contributed by atoms with van der Waals surface area (Å²) in [6, 6.07) is 16.2. The van der Waals surface area contributed by atoms with Gasteiger partial charge in [0.05, 0.1) is 0 Å². The van der Waals surface area contributed by atoms with Crippen LogP contribution in [0.2, 0.25) is 0 Å². The lowest BCUT2D eigenvalue weighted by molar-refractivity contribution is 0.572. The van der Waals surface area contributed by atoms with Gasteiger partial charge in [-0.1, -0.05) is 48.5 Å². The Morgan fingerprint density at radius 2 is 1.52 bits per heavy atom. The molecule has 1 unspecified atom stereocenters. The van der Waals surface area contributed by atoms with E-state index < -0.39 is 0 Å². The average molecular weight is 274 g/mol. The molecule has 0 heterocycles. The Balaban J connectivity index is 1.57. The van der Waals surface area contributed by atoms with E-state index in [-0.39, 0.29) is 0 Å². The zero-order valence-corrected chi connectivity index (χ0v) is 12.5. The lowest BCUT2D eigenvalue weighted by Gasteiger charge is -2.11. The van der Waals surface area contributed by atoms with Crippen molar-refractivity contribution in [2.75, 3.05) is 0 Å². The zero-order chi connectivity index (χ0) is 14.2. The number of fused-ring (bicyclic) bond motifs is 2. The Kier molecular flexibility index (Phi) is 3.18. The molecule has 0 heteroatoms. The third-order valence-electron chi connectivity index (χ3n) is 5.27. The van der Waals surface area contributed by atoms with Crippen molar-refractivity contribution in [3.05, 3.63) is 82.9 Å². The second kappa shape index (κ2) is 5.18. The van der Waals surface area contributed by atoms with Gasteiger partial charge in [0.25, 0.3) is 0 Å². The highest BCUT2D eigenvalue weighted by atomic mass is 14.3. The highest BCUT2D eigenvalue weighted by Crippen LogP contribution is 2.37. The molecule has 0 spiro atoms. The van der Waals surface area contributed by atoms with Crippen LogP contribution in [-0.4, -0.2) is 0 Å². The minimum absolute atomic E-state index is 0.686. The van der Waals surface area contributed by atoms with Crippen LogP contribution in [0, 0.1) is 5.92 Å². The normalized spacial score (nSPS) is 20.3. The van der Waals surface area contributed by atoms with Crippen molar-refractivity contribution in [1.82, 2.24) is 0 Å². The fraction of sp³-hybridized carbons (Fsp3) is 0.333. The van der Waals surface area contributed by atoms with Crippen LogP contribution in [0.25, 0.3) is 0 Å². The third-order valence-corrected chi connectivity index (χ3v) is 5.27. The number of rotatable bonds is 3. The molecule has 0 fully saturated rings. The molecular formula is C21H22. The summed E-state index contributed by atoms with van der Waals surface area (Å²) in [5.41, 5.74) is 7.81. The van der Waals surface area contributed by atoms with Gasteiger partial charge >= 0.3 is 0 Å². The number of allylic oxidation sites excluding steroid dienone is 1. The Bertz CT molecular complexity index is 655. The summed E-state index contributed by atoms with van der Waals surface area (Å²) >= 11 is 0. The average Bonchev–Trinajstić information content (AvgIpc) is 3.09. The molecule has 0 bridgehead atoms. The van der Waals surface area contributed by atoms with Crippen LogP contribution in [0.5, 0.6) is 0 Å². The summed E-state index contributed by atoms with van der Waals surface area (Å²) in [5.74, 6) is 1.47. The van der Waals surface area contributed by atoms with Gasteiger partial charge in [0.2, 0.25) is 0 Å². The maximum atomic E-state index is 3.89. The first-order valence-corrected chi connectivity index (χ1v) is 8.13. The minimum atomic E-state index is 0.686. The Labute approximate surface area is 127 Å². The molecule has 2 aliphatic carbocycles. The van der Waals surface area contributed by atoms with Crippen molar-refractivity contribution < 1.29 is 0 Å². The molecule has 0 aliphatic heterocycles. The monoisotopic (exact) mass is 274 g/mol. The molecule has 4 rings (SSSR count). The van der Waals surface area contributed by atoms with Gasteiger partial charge in [-0.3, -0.25) is 0 Å². The molecule has 0 nitrogen and oxygen atoms in total. The maximum Gasteiger partial charge on any atom is -0.00807 e. The van der Waals surface area contributed by atoms with Gasteiger partial charge in [-0.05, 0) is 71.8 Å². The van der Waals surface area contributed by atoms with E-state index in [0.29, 0.717) is 5.92 Å². The lowest BCUT2D eigenvalue weighted by atomic mass is 9.93. The minimum Gasteiger partial charge on any atom is -0.103 e. The first-order chi connectivity index (χ1) is 10.3. The van der Waals surface area contributed by atoms with Gasteiger partial charge in [0.15, 0.2) is 0 Å². The van der Waals surface area contributed by atoms with Crippen molar-refractivity contribution >= 4 is 0 Å². The van der Waals surface area contributed by atoms with Gasteiger partial charge < -0.3 is 0 Å². The SMILES string of the molecule is C=CCC1Cc2ccc(C3Cc4ccccc4C3)cc2C1. The van der Waals surface area contributed by atoms with Crippen molar-refractivity contribution in [3.8, 4) is 0 Å². The first-order valence-electron chi connectivity index (χ1n) is 8.13. The van der Waals surface area contributed by atoms with Crippen LogP contribution in [0.1, 0.15) is 40.2 Å². The van der Waals surface area contributed by atoms with Gasteiger partial charge in [-0.15, -0.1) is 6.58 Å². The van der Waals surface area contributed by atoms with E-state index in [4.69, 9.17) is 0 Å². The zero-order valence-electron chi connectivity index (χ0n) is 12.5. The van der Waals surface area contributed by atoms with E-state index in [1.807, 2.05) is 0 Å². The highest BCUT2D eigenvalue weighted by molar-refractivity contribution is 5.42. The van der Waals surface area contributed by atoms with Crippen molar-refractivity contribution in [2.24, 2.45) is 5.92 Å². The van der Waals surface area contributed by atoms with E-state index in [9.17, 15) is 0 Å². The maximum absolute atomic E-state index is 3.89. The lowest BCUT2D eigenvalue weighted by Crippen LogP contribution is -1.99. The molecular weight excluding hydrogens is 252 g/mol. The van der Waals surface area contributed by atoms with Crippen LogP contribution >= 0.6 is 0 Å². The van der Waals surface area contributed by atoms with Crippen molar-refractivity contribution in [3.63, 3.8) is 0 Å². The van der Waals surface area contributed by atoms with Crippen molar-refractivity contribution in [2.45, 2.75) is 38.0 Å². The number of benzene rings is 2. The second-order valence-corrected chi connectivity index (χ2v) is 6.70. The fourth-order valence-electron chi connectivity index (χ4n) is 4.18. The van der Waals surface area contributed by atoms with E-state index in [0.717, 1.165) is 12.3 Å². The summed E-state index contributed by atoms with van der Waals surface area (Å²) in [6.07, 6.45) is 8.14. The molecule has 0 saturated heterocycles. The van der Waals surface area contributed by atoms with Gasteiger partial charge in [-0.2, -0.15) is 0 Å². The van der Waals surface area contributed by atoms with E-state index >= 15 is 0 Å². The largest absolute Gasteiger partial charge is 0.103 e. The highest BCUT2D eigenvalue weighted by Gasteiger charge is 2.25. The number of hydrogen-bond acceptors (Lipinski definition) is 0. The van der Waals surface area contributed by atoms with Gasteiger partial charge in [0, 0.05) is 0 Å². The second-order valence-electron chi connectivity index (χ2n) is 6.70. The molecule has 2 aromatic rings. The Morgan fingerprint density at radius 1 is 0.857 bits per heavy atom. The molecule has 1 atom stereocenters. The molecule has 0 N–H and O–H groups in total. The van der Waals surface area contributed by atoms with Crippen LogP contribution in [0.15, 0.2) is 55.1 Å². The van der Waals surface area contributed by atoms with Crippen LogP contribution in [-0.2, 0) is 25.7 Å².